The molecule has 0 bridgehead atoms. The highest BCUT2D eigenvalue weighted by Crippen LogP contribution is 2.34. The third-order valence-electron chi connectivity index (χ3n) is 4.50. The molecule has 31 heavy (non-hydrogen) atoms. The smallest absolute Gasteiger partial charge is 0.418 e. The van der Waals surface area contributed by atoms with Gasteiger partial charge in [-0.2, -0.15) is 13.2 Å². The van der Waals surface area contributed by atoms with Gasteiger partial charge >= 0.3 is 6.18 Å². The van der Waals surface area contributed by atoms with Crippen LogP contribution in [0.5, 0.6) is 0 Å². The molecule has 3 amide bonds. The topological polar surface area (TPSA) is 91.7 Å². The number of hydrogen-bond acceptors (Lipinski definition) is 4. The van der Waals surface area contributed by atoms with E-state index in [1.54, 1.807) is 20.8 Å². The molecule has 2 rings (SSSR count). The fourth-order valence-electron chi connectivity index (χ4n) is 2.88. The van der Waals surface area contributed by atoms with Crippen molar-refractivity contribution in [3.8, 4) is 0 Å². The van der Waals surface area contributed by atoms with Crippen LogP contribution in [-0.2, 0) is 15.8 Å². The third kappa shape index (κ3) is 6.34. The second kappa shape index (κ2) is 10.1. The molecule has 1 atom stereocenters. The second-order valence-corrected chi connectivity index (χ2v) is 7.12. The van der Waals surface area contributed by atoms with E-state index in [-0.39, 0.29) is 18.2 Å². The highest BCUT2D eigenvalue weighted by Gasteiger charge is 2.34. The van der Waals surface area contributed by atoms with Crippen LogP contribution in [-0.4, -0.2) is 41.8 Å². The first-order valence-electron chi connectivity index (χ1n) is 9.63. The molecule has 1 heterocycles. The predicted molar refractivity (Wildman–Crippen MR) is 107 cm³/mol. The summed E-state index contributed by atoms with van der Waals surface area (Å²) in [4.78, 5) is 38.8. The average Bonchev–Trinajstić information content (AvgIpc) is 3.24. The van der Waals surface area contributed by atoms with Crippen molar-refractivity contribution in [3.63, 3.8) is 0 Å². The van der Waals surface area contributed by atoms with Crippen LogP contribution in [0.25, 0.3) is 0 Å². The zero-order chi connectivity index (χ0) is 23.2. The lowest BCUT2D eigenvalue weighted by molar-refractivity contribution is -0.138. The number of amides is 3. The molecule has 7 nitrogen and oxygen atoms in total. The number of nitrogens with one attached hydrogen (secondary N) is 2. The highest BCUT2D eigenvalue weighted by atomic mass is 19.4. The summed E-state index contributed by atoms with van der Waals surface area (Å²) < 4.78 is 44.4. The van der Waals surface area contributed by atoms with Crippen molar-refractivity contribution in [2.45, 2.75) is 33.0 Å². The zero-order valence-corrected chi connectivity index (χ0v) is 17.3. The van der Waals surface area contributed by atoms with Crippen LogP contribution in [0.4, 0.5) is 18.9 Å². The maximum atomic E-state index is 13.1. The summed E-state index contributed by atoms with van der Waals surface area (Å²) in [7, 11) is 0. The Kier molecular flexibility index (Phi) is 7.84. The van der Waals surface area contributed by atoms with Crippen molar-refractivity contribution < 1.29 is 32.0 Å². The van der Waals surface area contributed by atoms with Gasteiger partial charge in [0, 0.05) is 6.54 Å². The molecule has 0 fully saturated rings. The molecule has 2 aromatic rings. The number of carbonyl (C=O) groups excluding carboxylic acids is 3. The molecule has 1 aromatic carbocycles. The molecular formula is C21H24F3N3O4. The molecule has 0 unspecified atom stereocenters. The lowest BCUT2D eigenvalue weighted by atomic mass is 10.0. The van der Waals surface area contributed by atoms with Crippen molar-refractivity contribution in [1.82, 2.24) is 10.2 Å². The van der Waals surface area contributed by atoms with Gasteiger partial charge in [0.25, 0.3) is 5.91 Å². The van der Waals surface area contributed by atoms with Crippen LogP contribution in [0.2, 0.25) is 0 Å². The number of hydrogen-bond donors (Lipinski definition) is 2. The Balaban J connectivity index is 2.10. The van der Waals surface area contributed by atoms with E-state index in [0.29, 0.717) is 0 Å². The molecule has 168 valence electrons. The van der Waals surface area contributed by atoms with Gasteiger partial charge in [0.2, 0.25) is 11.8 Å². The van der Waals surface area contributed by atoms with Gasteiger partial charge in [-0.05, 0) is 37.1 Å². The van der Waals surface area contributed by atoms with E-state index in [4.69, 9.17) is 4.42 Å². The SMILES string of the molecule is CCN(CC(=O)Nc1ccccc1C(F)(F)F)C(=O)[C@@H](NC(=O)c1ccco1)C(C)C. The Morgan fingerprint density at radius 2 is 1.77 bits per heavy atom. The largest absolute Gasteiger partial charge is 0.459 e. The fraction of sp³-hybridized carbons (Fsp3) is 0.381. The number of nitrogens with zero attached hydrogens (tertiary/aromatic N) is 1. The molecule has 0 spiro atoms. The monoisotopic (exact) mass is 439 g/mol. The minimum absolute atomic E-state index is 0.0306. The van der Waals surface area contributed by atoms with Gasteiger partial charge in [0.15, 0.2) is 5.76 Å². The van der Waals surface area contributed by atoms with Gasteiger partial charge < -0.3 is 20.0 Å². The van der Waals surface area contributed by atoms with E-state index >= 15 is 0 Å². The van der Waals surface area contributed by atoms with Crippen LogP contribution in [0, 0.1) is 5.92 Å². The lowest BCUT2D eigenvalue weighted by Crippen LogP contribution is -2.52. The Bertz CT molecular complexity index is 911. The van der Waals surface area contributed by atoms with Crippen molar-refractivity contribution >= 4 is 23.4 Å². The van der Waals surface area contributed by atoms with Gasteiger partial charge in [-0.1, -0.05) is 26.0 Å². The van der Waals surface area contributed by atoms with Gasteiger partial charge in [-0.25, -0.2) is 0 Å². The van der Waals surface area contributed by atoms with Gasteiger partial charge in [-0.15, -0.1) is 0 Å². The van der Waals surface area contributed by atoms with E-state index in [9.17, 15) is 27.6 Å². The summed E-state index contributed by atoms with van der Waals surface area (Å²) in [6.45, 7) is 4.71. The van der Waals surface area contributed by atoms with E-state index in [1.807, 2.05) is 0 Å². The summed E-state index contributed by atoms with van der Waals surface area (Å²) in [5.74, 6) is -2.18. The minimum atomic E-state index is -4.64. The number of anilines is 1. The van der Waals surface area contributed by atoms with E-state index in [0.717, 1.165) is 12.1 Å². The van der Waals surface area contributed by atoms with Crippen molar-refractivity contribution in [2.24, 2.45) is 5.92 Å². The summed E-state index contributed by atoms with van der Waals surface area (Å²) in [6.07, 6.45) is -3.31. The number of furan rings is 1. The van der Waals surface area contributed by atoms with Crippen molar-refractivity contribution in [2.75, 3.05) is 18.4 Å². The van der Waals surface area contributed by atoms with Gasteiger partial charge in [0.05, 0.1) is 24.1 Å². The molecule has 0 aliphatic rings. The molecule has 2 N–H and O–H groups in total. The second-order valence-electron chi connectivity index (χ2n) is 7.12. The quantitative estimate of drug-likeness (QED) is 0.658. The maximum absolute atomic E-state index is 13.1. The molecule has 1 aromatic heterocycles. The van der Waals surface area contributed by atoms with Gasteiger partial charge in [-0.3, -0.25) is 14.4 Å². The normalized spacial score (nSPS) is 12.4. The van der Waals surface area contributed by atoms with Crippen LogP contribution in [0.1, 0.15) is 36.9 Å². The fourth-order valence-corrected chi connectivity index (χ4v) is 2.88. The molecule has 0 radical (unpaired) electrons. The summed E-state index contributed by atoms with van der Waals surface area (Å²) in [5.41, 5.74) is -1.38. The maximum Gasteiger partial charge on any atom is 0.418 e. The first-order chi connectivity index (χ1) is 14.5. The Morgan fingerprint density at radius 1 is 1.10 bits per heavy atom. The summed E-state index contributed by atoms with van der Waals surface area (Å²) in [6, 6.07) is 6.61. The standard InChI is InChI=1S/C21H24F3N3O4/c1-4-27(12-17(28)25-15-9-6-5-8-14(15)21(22,23)24)20(30)18(13(2)3)26-19(29)16-10-7-11-31-16/h5-11,13,18H,4,12H2,1-3H3,(H,25,28)(H,26,29)/t18-/m0/s1. The Hall–Kier alpha value is -3.30. The van der Waals surface area contributed by atoms with Gasteiger partial charge in [0.1, 0.15) is 6.04 Å². The van der Waals surface area contributed by atoms with E-state index in [1.165, 1.54) is 35.4 Å². The van der Waals surface area contributed by atoms with E-state index in [2.05, 4.69) is 10.6 Å². The molecular weight excluding hydrogens is 415 g/mol. The number of carbonyl (C=O) groups is 3. The number of para-hydroxylation sites is 1. The molecule has 0 saturated heterocycles. The predicted octanol–water partition coefficient (Wildman–Crippen LogP) is 3.54. The molecule has 0 saturated carbocycles. The van der Waals surface area contributed by atoms with Crippen LogP contribution < -0.4 is 10.6 Å². The van der Waals surface area contributed by atoms with Crippen LogP contribution in [0.15, 0.2) is 47.1 Å². The number of rotatable bonds is 8. The van der Waals surface area contributed by atoms with Crippen LogP contribution in [0.3, 0.4) is 0 Å². The molecule has 0 aliphatic heterocycles. The average molecular weight is 439 g/mol. The Labute approximate surface area is 177 Å². The highest BCUT2D eigenvalue weighted by molar-refractivity contribution is 5.98. The number of likely N-dealkylation sites (N-methyl/N-ethyl adjacent to an activating group) is 1. The molecule has 0 aliphatic carbocycles. The number of alkyl halides is 3. The van der Waals surface area contributed by atoms with Crippen LogP contribution >= 0.6 is 0 Å². The van der Waals surface area contributed by atoms with Crippen molar-refractivity contribution in [3.05, 3.63) is 54.0 Å². The van der Waals surface area contributed by atoms with Crippen molar-refractivity contribution in [1.29, 1.82) is 0 Å². The minimum Gasteiger partial charge on any atom is -0.459 e. The summed E-state index contributed by atoms with van der Waals surface area (Å²) in [5, 5.41) is 4.79. The first kappa shape index (κ1) is 24.0. The number of halogens is 3. The lowest BCUT2D eigenvalue weighted by Gasteiger charge is -2.28. The first-order valence-corrected chi connectivity index (χ1v) is 9.63. The summed E-state index contributed by atoms with van der Waals surface area (Å²) >= 11 is 0. The zero-order valence-electron chi connectivity index (χ0n) is 17.3. The van der Waals surface area contributed by atoms with E-state index < -0.39 is 47.7 Å². The Morgan fingerprint density at radius 3 is 2.32 bits per heavy atom. The molecule has 10 heteroatoms. The number of benzene rings is 1. The third-order valence-corrected chi connectivity index (χ3v) is 4.50.